The number of hydrogen-bond acceptors (Lipinski definition) is 0. The second-order valence-corrected chi connectivity index (χ2v) is 5.08. The molecule has 102 valence electrons. The van der Waals surface area contributed by atoms with Crippen LogP contribution in [0.25, 0.3) is 17.2 Å². The van der Waals surface area contributed by atoms with Crippen LogP contribution in [0.4, 0.5) is 13.2 Å². The van der Waals surface area contributed by atoms with E-state index < -0.39 is 11.7 Å². The van der Waals surface area contributed by atoms with Crippen LogP contribution in [-0.2, 0) is 12.6 Å². The van der Waals surface area contributed by atoms with E-state index in [4.69, 9.17) is 0 Å². The summed E-state index contributed by atoms with van der Waals surface area (Å²) in [6.07, 6.45) is -2.05. The fourth-order valence-corrected chi connectivity index (χ4v) is 2.73. The van der Waals surface area contributed by atoms with Gasteiger partial charge in [-0.1, -0.05) is 48.0 Å². The lowest BCUT2D eigenvalue weighted by Gasteiger charge is -2.15. The Balaban J connectivity index is 2.23. The number of rotatable bonds is 1. The largest absolute Gasteiger partial charge is 0.416 e. The molecule has 1 aliphatic carbocycles. The van der Waals surface area contributed by atoms with Crippen LogP contribution < -0.4 is 0 Å². The topological polar surface area (TPSA) is 0 Å². The summed E-state index contributed by atoms with van der Waals surface area (Å²) in [4.78, 5) is 0. The van der Waals surface area contributed by atoms with Crippen LogP contribution in [-0.4, -0.2) is 0 Å². The quantitative estimate of drug-likeness (QED) is 0.659. The lowest BCUT2D eigenvalue weighted by atomic mass is 9.93. The van der Waals surface area contributed by atoms with Gasteiger partial charge in [0.25, 0.3) is 0 Å². The van der Waals surface area contributed by atoms with Crippen molar-refractivity contribution in [1.82, 2.24) is 0 Å². The highest BCUT2D eigenvalue weighted by molar-refractivity contribution is 5.81. The Hall–Kier alpha value is -2.03. The van der Waals surface area contributed by atoms with Gasteiger partial charge in [0.1, 0.15) is 0 Å². The first-order valence-corrected chi connectivity index (χ1v) is 6.42. The molecule has 3 rings (SSSR count). The van der Waals surface area contributed by atoms with Gasteiger partial charge in [0.15, 0.2) is 0 Å². The van der Waals surface area contributed by atoms with E-state index in [1.807, 2.05) is 43.3 Å². The summed E-state index contributed by atoms with van der Waals surface area (Å²) in [7, 11) is 0. The molecule has 2 aromatic rings. The Morgan fingerprint density at radius 3 is 2.30 bits per heavy atom. The summed E-state index contributed by atoms with van der Waals surface area (Å²) in [5.41, 5.74) is 3.38. The third kappa shape index (κ3) is 2.13. The smallest absolute Gasteiger partial charge is 0.166 e. The Labute approximate surface area is 115 Å². The van der Waals surface area contributed by atoms with Crippen LogP contribution in [0.2, 0.25) is 0 Å². The van der Waals surface area contributed by atoms with Crippen molar-refractivity contribution in [2.24, 2.45) is 0 Å². The normalized spacial score (nSPS) is 14.1. The second kappa shape index (κ2) is 4.51. The van der Waals surface area contributed by atoms with Gasteiger partial charge >= 0.3 is 6.18 Å². The van der Waals surface area contributed by atoms with Crippen LogP contribution in [0, 0.1) is 0 Å². The monoisotopic (exact) mass is 274 g/mol. The number of hydrogen-bond donors (Lipinski definition) is 0. The van der Waals surface area contributed by atoms with Gasteiger partial charge in [0, 0.05) is 0 Å². The third-order valence-electron chi connectivity index (χ3n) is 3.59. The SMILES string of the molecule is CC1=Cc2c(-c3ccccc3)ccc(C(F)(F)F)c2C1. The van der Waals surface area contributed by atoms with Crippen LogP contribution in [0.1, 0.15) is 23.6 Å². The Morgan fingerprint density at radius 1 is 0.950 bits per heavy atom. The molecule has 2 aromatic carbocycles. The van der Waals surface area contributed by atoms with Crippen LogP contribution >= 0.6 is 0 Å². The summed E-state index contributed by atoms with van der Waals surface area (Å²) < 4.78 is 39.2. The molecule has 0 bridgehead atoms. The molecular formula is C17H13F3. The molecule has 0 atom stereocenters. The average molecular weight is 274 g/mol. The fraction of sp³-hybridized carbons (Fsp3) is 0.176. The van der Waals surface area contributed by atoms with Crippen molar-refractivity contribution >= 4 is 6.08 Å². The number of benzene rings is 2. The molecule has 20 heavy (non-hydrogen) atoms. The second-order valence-electron chi connectivity index (χ2n) is 5.08. The van der Waals surface area contributed by atoms with Gasteiger partial charge in [0.2, 0.25) is 0 Å². The summed E-state index contributed by atoms with van der Waals surface area (Å²) in [5.74, 6) is 0. The number of alkyl halides is 3. The molecule has 0 aromatic heterocycles. The van der Waals surface area contributed by atoms with Gasteiger partial charge in [-0.3, -0.25) is 0 Å². The van der Waals surface area contributed by atoms with Crippen molar-refractivity contribution in [3.05, 3.63) is 64.7 Å². The summed E-state index contributed by atoms with van der Waals surface area (Å²) in [5, 5.41) is 0. The minimum Gasteiger partial charge on any atom is -0.166 e. The summed E-state index contributed by atoms with van der Waals surface area (Å²) in [6.45, 7) is 1.87. The summed E-state index contributed by atoms with van der Waals surface area (Å²) in [6, 6.07) is 12.3. The lowest BCUT2D eigenvalue weighted by molar-refractivity contribution is -0.138. The maximum atomic E-state index is 13.1. The van der Waals surface area contributed by atoms with E-state index in [1.165, 1.54) is 6.07 Å². The van der Waals surface area contributed by atoms with Gasteiger partial charge in [-0.25, -0.2) is 0 Å². The van der Waals surface area contributed by atoms with E-state index >= 15 is 0 Å². The number of halogens is 3. The van der Waals surface area contributed by atoms with E-state index in [9.17, 15) is 13.2 Å². The molecule has 0 N–H and O–H groups in total. The van der Waals surface area contributed by atoms with Gasteiger partial charge in [-0.05, 0) is 41.7 Å². The van der Waals surface area contributed by atoms with E-state index in [0.29, 0.717) is 17.5 Å². The number of fused-ring (bicyclic) bond motifs is 1. The van der Waals surface area contributed by atoms with Crippen molar-refractivity contribution in [3.8, 4) is 11.1 Å². The fourth-order valence-electron chi connectivity index (χ4n) is 2.73. The highest BCUT2D eigenvalue weighted by Gasteiger charge is 2.35. The van der Waals surface area contributed by atoms with Crippen molar-refractivity contribution in [1.29, 1.82) is 0 Å². The molecule has 0 heterocycles. The third-order valence-corrected chi connectivity index (χ3v) is 3.59. The minimum atomic E-state index is -4.29. The predicted octanol–water partition coefficient (Wildman–Crippen LogP) is 5.33. The van der Waals surface area contributed by atoms with E-state index in [0.717, 1.165) is 16.7 Å². The zero-order valence-corrected chi connectivity index (χ0v) is 11.0. The summed E-state index contributed by atoms with van der Waals surface area (Å²) >= 11 is 0. The van der Waals surface area contributed by atoms with Gasteiger partial charge in [0.05, 0.1) is 5.56 Å². The van der Waals surface area contributed by atoms with Gasteiger partial charge in [-0.2, -0.15) is 13.2 Å². The van der Waals surface area contributed by atoms with Gasteiger partial charge < -0.3 is 0 Å². The molecule has 0 amide bonds. The first kappa shape index (κ1) is 13.0. The number of allylic oxidation sites excluding steroid dienone is 1. The van der Waals surface area contributed by atoms with E-state index in [2.05, 4.69) is 0 Å². The van der Waals surface area contributed by atoms with E-state index in [-0.39, 0.29) is 0 Å². The molecule has 0 unspecified atom stereocenters. The average Bonchev–Trinajstić information content (AvgIpc) is 2.78. The van der Waals surface area contributed by atoms with Crippen molar-refractivity contribution in [3.63, 3.8) is 0 Å². The van der Waals surface area contributed by atoms with Gasteiger partial charge in [-0.15, -0.1) is 0 Å². The predicted molar refractivity (Wildman–Crippen MR) is 74.2 cm³/mol. The molecule has 0 radical (unpaired) electrons. The zero-order chi connectivity index (χ0) is 14.3. The van der Waals surface area contributed by atoms with Crippen LogP contribution in [0.15, 0.2) is 48.0 Å². The minimum absolute atomic E-state index is 0.380. The first-order valence-electron chi connectivity index (χ1n) is 6.42. The molecule has 0 saturated carbocycles. The Morgan fingerprint density at radius 2 is 1.65 bits per heavy atom. The first-order chi connectivity index (χ1) is 9.47. The van der Waals surface area contributed by atoms with E-state index in [1.54, 1.807) is 6.07 Å². The van der Waals surface area contributed by atoms with Crippen molar-refractivity contribution in [2.75, 3.05) is 0 Å². The highest BCUT2D eigenvalue weighted by atomic mass is 19.4. The highest BCUT2D eigenvalue weighted by Crippen LogP contribution is 2.41. The lowest BCUT2D eigenvalue weighted by Crippen LogP contribution is -2.09. The molecule has 3 heteroatoms. The maximum Gasteiger partial charge on any atom is 0.416 e. The molecule has 1 aliphatic rings. The molecular weight excluding hydrogens is 261 g/mol. The molecule has 0 saturated heterocycles. The maximum absolute atomic E-state index is 13.1. The van der Waals surface area contributed by atoms with Crippen molar-refractivity contribution < 1.29 is 13.2 Å². The molecule has 0 aliphatic heterocycles. The zero-order valence-electron chi connectivity index (χ0n) is 11.0. The van der Waals surface area contributed by atoms with Crippen LogP contribution in [0.3, 0.4) is 0 Å². The van der Waals surface area contributed by atoms with Crippen molar-refractivity contribution in [2.45, 2.75) is 19.5 Å². The Bertz CT molecular complexity index is 679. The standard InChI is InChI=1S/C17H13F3/c1-11-9-14-13(12-5-3-2-4-6-12)7-8-16(15(14)10-11)17(18,19)20/h2-9H,10H2,1H3. The Kier molecular flexibility index (Phi) is 2.93. The molecule has 0 nitrogen and oxygen atoms in total. The molecule has 0 fully saturated rings. The van der Waals surface area contributed by atoms with Crippen LogP contribution in [0.5, 0.6) is 0 Å². The molecule has 0 spiro atoms.